The van der Waals surface area contributed by atoms with E-state index in [9.17, 15) is 18.0 Å². The molecule has 3 aromatic carbocycles. The molecule has 45 heavy (non-hydrogen) atoms. The summed E-state index contributed by atoms with van der Waals surface area (Å²) < 4.78 is 40.6. The predicted octanol–water partition coefficient (Wildman–Crippen LogP) is 5.69. The van der Waals surface area contributed by atoms with Crippen molar-refractivity contribution in [1.29, 1.82) is 0 Å². The lowest BCUT2D eigenvalue weighted by atomic mass is 10.1. The first kappa shape index (κ1) is 33.8. The summed E-state index contributed by atoms with van der Waals surface area (Å²) in [6, 6.07) is 16.8. The van der Waals surface area contributed by atoms with E-state index in [0.717, 1.165) is 52.2 Å². The van der Waals surface area contributed by atoms with E-state index in [1.807, 2.05) is 58.0 Å². The van der Waals surface area contributed by atoms with E-state index in [2.05, 4.69) is 5.32 Å². The lowest BCUT2D eigenvalue weighted by molar-refractivity contribution is -0.140. The third kappa shape index (κ3) is 7.97. The van der Waals surface area contributed by atoms with E-state index >= 15 is 0 Å². The fourth-order valence-corrected chi connectivity index (χ4v) is 7.40. The molecule has 1 atom stereocenters. The first-order chi connectivity index (χ1) is 21.5. The summed E-state index contributed by atoms with van der Waals surface area (Å²) in [5.74, 6) is -0.0584. The van der Waals surface area contributed by atoms with Crippen LogP contribution in [0.4, 0.5) is 5.69 Å². The number of ether oxygens (including phenoxy) is 2. The van der Waals surface area contributed by atoms with E-state index in [1.54, 1.807) is 12.1 Å². The molecule has 1 aliphatic carbocycles. The summed E-state index contributed by atoms with van der Waals surface area (Å²) in [6.07, 6.45) is 4.33. The van der Waals surface area contributed by atoms with Crippen LogP contribution in [0.5, 0.6) is 11.5 Å². The Morgan fingerprint density at radius 2 is 1.56 bits per heavy atom. The largest absolute Gasteiger partial charge is 0.493 e. The second-order valence-corrected chi connectivity index (χ2v) is 13.6. The average molecular weight is 636 g/mol. The molecule has 10 heteroatoms. The number of anilines is 1. The van der Waals surface area contributed by atoms with Gasteiger partial charge in [-0.3, -0.25) is 13.9 Å². The Bertz CT molecular complexity index is 1600. The van der Waals surface area contributed by atoms with Gasteiger partial charge in [-0.2, -0.15) is 0 Å². The molecule has 0 radical (unpaired) electrons. The SMILES string of the molecule is CC[C@H](C(=O)NC1CCCC1)N(Cc1ccccc1C)C(=O)CN(c1cc(C)cc(C)c1)S(=O)(=O)c1ccc(OC)c(OC)c1. The predicted molar refractivity (Wildman–Crippen MR) is 176 cm³/mol. The highest BCUT2D eigenvalue weighted by atomic mass is 32.2. The minimum atomic E-state index is -4.28. The zero-order valence-corrected chi connectivity index (χ0v) is 27.9. The molecule has 242 valence electrons. The molecule has 0 bridgehead atoms. The number of rotatable bonds is 13. The Labute approximate surface area is 267 Å². The van der Waals surface area contributed by atoms with Gasteiger partial charge in [-0.05, 0) is 86.6 Å². The van der Waals surface area contributed by atoms with Crippen molar-refractivity contribution >= 4 is 27.5 Å². The quantitative estimate of drug-likeness (QED) is 0.259. The molecule has 1 saturated carbocycles. The average Bonchev–Trinajstić information content (AvgIpc) is 3.52. The van der Waals surface area contributed by atoms with Gasteiger partial charge in [-0.1, -0.05) is 50.1 Å². The maximum Gasteiger partial charge on any atom is 0.264 e. The van der Waals surface area contributed by atoms with Gasteiger partial charge in [0.05, 0.1) is 24.8 Å². The highest BCUT2D eigenvalue weighted by molar-refractivity contribution is 7.92. The van der Waals surface area contributed by atoms with E-state index in [1.165, 1.54) is 37.3 Å². The van der Waals surface area contributed by atoms with Crippen LogP contribution in [0.1, 0.15) is 61.3 Å². The van der Waals surface area contributed by atoms with Crippen molar-refractivity contribution in [2.45, 2.75) is 83.3 Å². The zero-order valence-electron chi connectivity index (χ0n) is 27.1. The van der Waals surface area contributed by atoms with Crippen LogP contribution in [0, 0.1) is 20.8 Å². The molecule has 1 aliphatic rings. The number of nitrogens with one attached hydrogen (secondary N) is 1. The summed E-state index contributed by atoms with van der Waals surface area (Å²) in [6.45, 7) is 7.26. The standard InChI is InChI=1S/C35H45N3O6S/c1-7-31(35(40)36-28-14-10-11-15-28)37(22-27-13-9-8-12-26(27)4)34(39)23-38(29-19-24(2)18-25(3)20-29)45(41,42)30-16-17-32(43-5)33(21-30)44-6/h8-9,12-13,16-21,28,31H,7,10-11,14-15,22-23H2,1-6H3,(H,36,40)/t31-/m1/s1. The number of benzene rings is 3. The highest BCUT2D eigenvalue weighted by Crippen LogP contribution is 2.33. The number of sulfonamides is 1. The monoisotopic (exact) mass is 635 g/mol. The molecule has 1 N–H and O–H groups in total. The molecule has 0 heterocycles. The summed E-state index contributed by atoms with van der Waals surface area (Å²) in [5, 5.41) is 3.15. The Kier molecular flexibility index (Phi) is 11.1. The first-order valence-electron chi connectivity index (χ1n) is 15.5. The summed E-state index contributed by atoms with van der Waals surface area (Å²) in [4.78, 5) is 29.6. The summed E-state index contributed by atoms with van der Waals surface area (Å²) in [7, 11) is -1.37. The van der Waals surface area contributed by atoms with Crippen molar-refractivity contribution in [3.05, 3.63) is 82.9 Å². The van der Waals surface area contributed by atoms with Crippen LogP contribution in [-0.2, 0) is 26.2 Å². The van der Waals surface area contributed by atoms with Crippen molar-refractivity contribution in [1.82, 2.24) is 10.2 Å². The molecule has 0 saturated heterocycles. The topological polar surface area (TPSA) is 105 Å². The van der Waals surface area contributed by atoms with Gasteiger partial charge in [0.15, 0.2) is 11.5 Å². The number of hydrogen-bond donors (Lipinski definition) is 1. The fraction of sp³-hybridized carbons (Fsp3) is 0.429. The van der Waals surface area contributed by atoms with Crippen LogP contribution in [0.25, 0.3) is 0 Å². The molecule has 3 aromatic rings. The van der Waals surface area contributed by atoms with Gasteiger partial charge < -0.3 is 19.7 Å². The third-order valence-corrected chi connectivity index (χ3v) is 10.2. The van der Waals surface area contributed by atoms with Crippen LogP contribution >= 0.6 is 0 Å². The molecule has 0 unspecified atom stereocenters. The van der Waals surface area contributed by atoms with E-state index in [-0.39, 0.29) is 29.1 Å². The number of carbonyl (C=O) groups is 2. The van der Waals surface area contributed by atoms with Gasteiger partial charge in [-0.25, -0.2) is 8.42 Å². The van der Waals surface area contributed by atoms with Crippen LogP contribution in [-0.4, -0.2) is 58.0 Å². The number of carbonyl (C=O) groups excluding carboxylic acids is 2. The summed E-state index contributed by atoms with van der Waals surface area (Å²) >= 11 is 0. The Balaban J connectivity index is 1.78. The maximum absolute atomic E-state index is 14.5. The lowest BCUT2D eigenvalue weighted by Crippen LogP contribution is -2.53. The number of methoxy groups -OCH3 is 2. The van der Waals surface area contributed by atoms with Crippen LogP contribution < -0.4 is 19.1 Å². The number of hydrogen-bond acceptors (Lipinski definition) is 6. The van der Waals surface area contributed by atoms with Crippen molar-refractivity contribution in [3.8, 4) is 11.5 Å². The van der Waals surface area contributed by atoms with E-state index < -0.39 is 28.5 Å². The van der Waals surface area contributed by atoms with Gasteiger partial charge in [-0.15, -0.1) is 0 Å². The van der Waals surface area contributed by atoms with Gasteiger partial charge in [0, 0.05) is 18.7 Å². The Hall–Kier alpha value is -4.05. The molecule has 9 nitrogen and oxygen atoms in total. The molecular formula is C35H45N3O6S. The highest BCUT2D eigenvalue weighted by Gasteiger charge is 2.35. The minimum Gasteiger partial charge on any atom is -0.493 e. The van der Waals surface area contributed by atoms with E-state index in [4.69, 9.17) is 9.47 Å². The zero-order chi connectivity index (χ0) is 32.7. The first-order valence-corrected chi connectivity index (χ1v) is 16.9. The Morgan fingerprint density at radius 1 is 0.911 bits per heavy atom. The molecule has 0 aromatic heterocycles. The van der Waals surface area contributed by atoms with Crippen LogP contribution in [0.3, 0.4) is 0 Å². The van der Waals surface area contributed by atoms with Crippen molar-refractivity contribution in [3.63, 3.8) is 0 Å². The summed E-state index contributed by atoms with van der Waals surface area (Å²) in [5.41, 5.74) is 3.92. The molecule has 1 fully saturated rings. The molecule has 0 spiro atoms. The smallest absolute Gasteiger partial charge is 0.264 e. The van der Waals surface area contributed by atoms with Gasteiger partial charge in [0.25, 0.3) is 10.0 Å². The van der Waals surface area contributed by atoms with Crippen LogP contribution in [0.2, 0.25) is 0 Å². The van der Waals surface area contributed by atoms with E-state index in [0.29, 0.717) is 17.9 Å². The second-order valence-electron chi connectivity index (χ2n) is 11.7. The second kappa shape index (κ2) is 14.8. The van der Waals surface area contributed by atoms with Gasteiger partial charge >= 0.3 is 0 Å². The van der Waals surface area contributed by atoms with Crippen molar-refractivity contribution in [2.75, 3.05) is 25.1 Å². The Morgan fingerprint density at radius 3 is 2.16 bits per heavy atom. The van der Waals surface area contributed by atoms with Gasteiger partial charge in [0.1, 0.15) is 12.6 Å². The molecule has 2 amide bonds. The molecular weight excluding hydrogens is 590 g/mol. The maximum atomic E-state index is 14.5. The number of aryl methyl sites for hydroxylation is 3. The fourth-order valence-electron chi connectivity index (χ4n) is 5.99. The van der Waals surface area contributed by atoms with Crippen molar-refractivity contribution < 1.29 is 27.5 Å². The minimum absolute atomic E-state index is 0.0522. The van der Waals surface area contributed by atoms with Crippen LogP contribution in [0.15, 0.2) is 65.6 Å². The van der Waals surface area contributed by atoms with Crippen molar-refractivity contribution in [2.24, 2.45) is 0 Å². The normalized spacial score (nSPS) is 14.1. The number of nitrogens with zero attached hydrogens (tertiary/aromatic N) is 2. The molecule has 0 aliphatic heterocycles. The third-order valence-electron chi connectivity index (χ3n) is 8.41. The molecule has 4 rings (SSSR count). The lowest BCUT2D eigenvalue weighted by Gasteiger charge is -2.34. The number of amides is 2. The van der Waals surface area contributed by atoms with Gasteiger partial charge in [0.2, 0.25) is 11.8 Å².